The molecule has 0 aromatic rings. The van der Waals surface area contributed by atoms with Gasteiger partial charge in [-0.05, 0) is 13.1 Å². The summed E-state index contributed by atoms with van der Waals surface area (Å²) in [5.41, 5.74) is 0. The molecular weight excluding hydrogens is 200 g/mol. The lowest BCUT2D eigenvalue weighted by Crippen LogP contribution is -2.34. The van der Waals surface area contributed by atoms with Crippen molar-refractivity contribution < 1.29 is 18.3 Å². The van der Waals surface area contributed by atoms with Crippen LogP contribution in [0.2, 0.25) is 13.1 Å². The Bertz CT molecular complexity index is 112. The minimum atomic E-state index is -1.95. The zero-order valence-corrected chi connectivity index (χ0v) is 9.39. The van der Waals surface area contributed by atoms with Crippen LogP contribution in [0, 0.1) is 0 Å². The molecule has 0 aliphatic carbocycles. The summed E-state index contributed by atoms with van der Waals surface area (Å²) in [6.45, 7) is 4.19. The fourth-order valence-electron chi connectivity index (χ4n) is 0.367. The highest BCUT2D eigenvalue weighted by atomic mass is 35.5. The van der Waals surface area contributed by atoms with Gasteiger partial charge in [0.1, 0.15) is 12.9 Å². The SMILES string of the molecule is CO[Si](C)(C)OCOCOCCl. The molecule has 0 radical (unpaired) electrons. The van der Waals surface area contributed by atoms with Crippen LogP contribution in [-0.2, 0) is 18.3 Å². The normalized spacial score (nSPS) is 12.0. The quantitative estimate of drug-likeness (QED) is 0.279. The van der Waals surface area contributed by atoms with E-state index in [2.05, 4.69) is 0 Å². The second-order valence-electron chi connectivity index (χ2n) is 2.50. The highest BCUT2D eigenvalue weighted by molar-refractivity contribution is 6.64. The van der Waals surface area contributed by atoms with Gasteiger partial charge in [-0.15, -0.1) is 0 Å². The van der Waals surface area contributed by atoms with Crippen LogP contribution in [0.3, 0.4) is 0 Å². The van der Waals surface area contributed by atoms with Crippen molar-refractivity contribution in [2.45, 2.75) is 13.1 Å². The van der Waals surface area contributed by atoms with Crippen LogP contribution >= 0.6 is 11.6 Å². The predicted octanol–water partition coefficient (Wildman–Crippen LogP) is 1.50. The first-order valence-corrected chi connectivity index (χ1v) is 6.88. The summed E-state index contributed by atoms with van der Waals surface area (Å²) < 4.78 is 20.1. The summed E-state index contributed by atoms with van der Waals surface area (Å²) in [5, 5.41) is 0. The van der Waals surface area contributed by atoms with Gasteiger partial charge in [-0.25, -0.2) is 0 Å². The molecular formula is C6H15ClO4Si. The van der Waals surface area contributed by atoms with Gasteiger partial charge in [0.15, 0.2) is 6.79 Å². The molecule has 0 bridgehead atoms. The lowest BCUT2D eigenvalue weighted by atomic mass is 11.3. The van der Waals surface area contributed by atoms with Crippen molar-refractivity contribution in [3.8, 4) is 0 Å². The van der Waals surface area contributed by atoms with E-state index in [1.54, 1.807) is 7.11 Å². The van der Waals surface area contributed by atoms with Gasteiger partial charge in [0.05, 0.1) is 0 Å². The molecule has 0 spiro atoms. The second kappa shape index (κ2) is 6.82. The molecule has 6 heteroatoms. The Morgan fingerprint density at radius 2 is 1.83 bits per heavy atom. The first kappa shape index (κ1) is 12.3. The summed E-state index contributed by atoms with van der Waals surface area (Å²) in [6, 6.07) is 0.130. The number of ether oxygens (including phenoxy) is 2. The Labute approximate surface area is 78.9 Å². The maximum absolute atomic E-state index is 5.30. The molecule has 0 atom stereocenters. The van der Waals surface area contributed by atoms with E-state index in [0.717, 1.165) is 0 Å². The van der Waals surface area contributed by atoms with Crippen molar-refractivity contribution in [1.29, 1.82) is 0 Å². The van der Waals surface area contributed by atoms with Crippen molar-refractivity contribution >= 4 is 20.2 Å². The van der Waals surface area contributed by atoms with Gasteiger partial charge in [0.2, 0.25) is 0 Å². The molecule has 0 saturated carbocycles. The third-order valence-corrected chi connectivity index (χ3v) is 3.18. The third-order valence-electron chi connectivity index (χ3n) is 1.23. The number of halogens is 1. The van der Waals surface area contributed by atoms with E-state index in [-0.39, 0.29) is 19.7 Å². The van der Waals surface area contributed by atoms with Crippen molar-refractivity contribution in [3.05, 3.63) is 0 Å². The fraction of sp³-hybridized carbons (Fsp3) is 1.00. The molecule has 0 heterocycles. The Kier molecular flexibility index (Phi) is 7.02. The molecule has 0 N–H and O–H groups in total. The van der Waals surface area contributed by atoms with Crippen LogP contribution in [0.5, 0.6) is 0 Å². The summed E-state index contributed by atoms with van der Waals surface area (Å²) in [7, 11) is -0.325. The van der Waals surface area contributed by atoms with E-state index in [0.29, 0.717) is 0 Å². The van der Waals surface area contributed by atoms with E-state index >= 15 is 0 Å². The Balaban J connectivity index is 3.19. The zero-order valence-electron chi connectivity index (χ0n) is 7.63. The number of hydrogen-bond donors (Lipinski definition) is 0. The highest BCUT2D eigenvalue weighted by Crippen LogP contribution is 2.03. The molecule has 0 unspecified atom stereocenters. The number of hydrogen-bond acceptors (Lipinski definition) is 4. The van der Waals surface area contributed by atoms with Gasteiger partial charge >= 0.3 is 8.56 Å². The van der Waals surface area contributed by atoms with Crippen LogP contribution in [0.15, 0.2) is 0 Å². The van der Waals surface area contributed by atoms with Crippen LogP contribution in [0.1, 0.15) is 0 Å². The molecule has 0 saturated heterocycles. The Morgan fingerprint density at radius 3 is 2.33 bits per heavy atom. The standard InChI is InChI=1S/C6H15ClO4Si/c1-8-12(2,3)11-6-10-5-9-4-7/h4-6H2,1-3H3. The van der Waals surface area contributed by atoms with Crippen LogP contribution in [-0.4, -0.2) is 35.3 Å². The van der Waals surface area contributed by atoms with Crippen LogP contribution < -0.4 is 0 Å². The van der Waals surface area contributed by atoms with Crippen molar-refractivity contribution in [3.63, 3.8) is 0 Å². The lowest BCUT2D eigenvalue weighted by molar-refractivity contribution is -0.0966. The number of alkyl halides is 1. The second-order valence-corrected chi connectivity index (χ2v) is 6.22. The van der Waals surface area contributed by atoms with Gasteiger partial charge in [0.25, 0.3) is 0 Å². The Hall–Kier alpha value is 0.347. The summed E-state index contributed by atoms with van der Waals surface area (Å²) in [4.78, 5) is 0. The van der Waals surface area contributed by atoms with E-state index in [1.165, 1.54) is 0 Å². The smallest absolute Gasteiger partial charge is 0.333 e. The summed E-state index contributed by atoms with van der Waals surface area (Å²) in [6.07, 6.45) is 0. The first-order valence-electron chi connectivity index (χ1n) is 3.53. The van der Waals surface area contributed by atoms with E-state index in [1.807, 2.05) is 13.1 Å². The average molecular weight is 215 g/mol. The summed E-state index contributed by atoms with van der Waals surface area (Å²) in [5.74, 6) is 0. The largest absolute Gasteiger partial charge is 0.398 e. The molecule has 4 nitrogen and oxygen atoms in total. The van der Waals surface area contributed by atoms with E-state index in [4.69, 9.17) is 29.9 Å². The molecule has 0 aliphatic heterocycles. The average Bonchev–Trinajstić information content (AvgIpc) is 2.04. The van der Waals surface area contributed by atoms with Gasteiger partial charge in [-0.1, -0.05) is 11.6 Å². The molecule has 12 heavy (non-hydrogen) atoms. The zero-order chi connectivity index (χ0) is 9.45. The fourth-order valence-corrected chi connectivity index (χ4v) is 0.915. The monoisotopic (exact) mass is 214 g/mol. The third kappa shape index (κ3) is 7.02. The maximum Gasteiger partial charge on any atom is 0.333 e. The minimum absolute atomic E-state index is 0.130. The molecule has 0 rings (SSSR count). The van der Waals surface area contributed by atoms with E-state index < -0.39 is 8.56 Å². The molecule has 0 fully saturated rings. The van der Waals surface area contributed by atoms with Crippen LogP contribution in [0.4, 0.5) is 0 Å². The molecule has 74 valence electrons. The van der Waals surface area contributed by atoms with Crippen molar-refractivity contribution in [1.82, 2.24) is 0 Å². The van der Waals surface area contributed by atoms with Gasteiger partial charge in [-0.2, -0.15) is 0 Å². The topological polar surface area (TPSA) is 36.9 Å². The predicted molar refractivity (Wildman–Crippen MR) is 48.2 cm³/mol. The lowest BCUT2D eigenvalue weighted by Gasteiger charge is -2.19. The Morgan fingerprint density at radius 1 is 1.17 bits per heavy atom. The molecule has 0 aliphatic rings. The minimum Gasteiger partial charge on any atom is -0.398 e. The van der Waals surface area contributed by atoms with Crippen molar-refractivity contribution in [2.75, 3.05) is 26.8 Å². The number of rotatable bonds is 7. The molecule has 0 amide bonds. The highest BCUT2D eigenvalue weighted by Gasteiger charge is 2.21. The summed E-state index contributed by atoms with van der Waals surface area (Å²) >= 11 is 5.24. The van der Waals surface area contributed by atoms with Crippen LogP contribution in [0.25, 0.3) is 0 Å². The molecule has 0 aromatic heterocycles. The maximum atomic E-state index is 5.30. The molecule has 0 aromatic carbocycles. The van der Waals surface area contributed by atoms with Gasteiger partial charge in [-0.3, -0.25) is 0 Å². The van der Waals surface area contributed by atoms with Gasteiger partial charge in [0, 0.05) is 7.11 Å². The first-order chi connectivity index (χ1) is 5.62. The van der Waals surface area contributed by atoms with E-state index in [9.17, 15) is 0 Å². The van der Waals surface area contributed by atoms with Gasteiger partial charge < -0.3 is 18.3 Å². The van der Waals surface area contributed by atoms with Crippen molar-refractivity contribution in [2.24, 2.45) is 0 Å².